The Hall–Kier alpha value is -4.30. The highest BCUT2D eigenvalue weighted by Crippen LogP contribution is 2.32. The van der Waals surface area contributed by atoms with Crippen LogP contribution in [0.2, 0.25) is 0 Å². The highest BCUT2D eigenvalue weighted by molar-refractivity contribution is 5.89. The SMILES string of the molecule is CCNC(=O)Nc1ccc(-c2nc3c(c(N4CCOCC4)n2)CCN(c2nccnc2C#N)C3)cc1. The van der Waals surface area contributed by atoms with E-state index in [1.807, 2.05) is 36.1 Å². The normalized spacial score (nSPS) is 15.1. The number of fused-ring (bicyclic) bond motifs is 1. The number of amides is 2. The number of carbonyl (C=O) groups excluding carboxylic acids is 1. The fourth-order valence-electron chi connectivity index (χ4n) is 4.44. The summed E-state index contributed by atoms with van der Waals surface area (Å²) >= 11 is 0. The zero-order valence-electron chi connectivity index (χ0n) is 20.1. The number of anilines is 3. The van der Waals surface area contributed by atoms with Gasteiger partial charge in [-0.3, -0.25) is 0 Å². The average molecular weight is 486 g/mol. The summed E-state index contributed by atoms with van der Waals surface area (Å²) in [7, 11) is 0. The predicted molar refractivity (Wildman–Crippen MR) is 135 cm³/mol. The maximum absolute atomic E-state index is 11.8. The van der Waals surface area contributed by atoms with Gasteiger partial charge in [0.05, 0.1) is 25.5 Å². The average Bonchev–Trinajstić information content (AvgIpc) is 2.93. The van der Waals surface area contributed by atoms with Gasteiger partial charge in [-0.25, -0.2) is 24.7 Å². The van der Waals surface area contributed by atoms with Gasteiger partial charge in [0.15, 0.2) is 17.3 Å². The van der Waals surface area contributed by atoms with Crippen molar-refractivity contribution in [3.63, 3.8) is 0 Å². The van der Waals surface area contributed by atoms with Crippen LogP contribution in [0.1, 0.15) is 23.9 Å². The number of urea groups is 1. The van der Waals surface area contributed by atoms with Gasteiger partial charge in [0, 0.05) is 55.4 Å². The molecule has 0 aliphatic carbocycles. The number of hydrogen-bond donors (Lipinski definition) is 2. The van der Waals surface area contributed by atoms with E-state index in [0.717, 1.165) is 42.1 Å². The Bertz CT molecular complexity index is 1280. The van der Waals surface area contributed by atoms with Crippen LogP contribution in [0.4, 0.5) is 22.1 Å². The summed E-state index contributed by atoms with van der Waals surface area (Å²) in [6.45, 7) is 6.48. The minimum Gasteiger partial charge on any atom is -0.378 e. The summed E-state index contributed by atoms with van der Waals surface area (Å²) in [4.78, 5) is 34.7. The second-order valence-electron chi connectivity index (χ2n) is 8.47. The lowest BCUT2D eigenvalue weighted by atomic mass is 10.0. The molecule has 3 aromatic rings. The molecule has 0 radical (unpaired) electrons. The van der Waals surface area contributed by atoms with Crippen molar-refractivity contribution < 1.29 is 9.53 Å². The summed E-state index contributed by atoms with van der Waals surface area (Å²) in [5.74, 6) is 2.11. The fraction of sp³-hybridized carbons (Fsp3) is 0.360. The number of ether oxygens (including phenoxy) is 1. The van der Waals surface area contributed by atoms with E-state index in [2.05, 4.69) is 31.6 Å². The summed E-state index contributed by atoms with van der Waals surface area (Å²) in [5.41, 5.74) is 3.87. The minimum atomic E-state index is -0.245. The smallest absolute Gasteiger partial charge is 0.319 e. The number of nitrogens with one attached hydrogen (secondary N) is 2. The lowest BCUT2D eigenvalue weighted by Crippen LogP contribution is -2.40. The Morgan fingerprint density at radius 1 is 1.06 bits per heavy atom. The third kappa shape index (κ3) is 4.89. The van der Waals surface area contributed by atoms with Crippen molar-refractivity contribution in [2.75, 3.05) is 54.5 Å². The van der Waals surface area contributed by atoms with Crippen molar-refractivity contribution >= 4 is 23.4 Å². The molecule has 11 heteroatoms. The first-order chi connectivity index (χ1) is 17.7. The van der Waals surface area contributed by atoms with Crippen LogP contribution in [0.5, 0.6) is 0 Å². The molecule has 2 N–H and O–H groups in total. The molecule has 0 saturated carbocycles. The van der Waals surface area contributed by atoms with Gasteiger partial charge in [-0.05, 0) is 37.6 Å². The van der Waals surface area contributed by atoms with Crippen LogP contribution in [0, 0.1) is 11.3 Å². The summed E-state index contributed by atoms with van der Waals surface area (Å²) in [6.07, 6.45) is 3.87. The Kier molecular flexibility index (Phi) is 6.86. The van der Waals surface area contributed by atoms with Crippen LogP contribution >= 0.6 is 0 Å². The highest BCUT2D eigenvalue weighted by atomic mass is 16.5. The second-order valence-corrected chi connectivity index (χ2v) is 8.47. The topological polar surface area (TPSA) is 132 Å². The number of hydrogen-bond acceptors (Lipinski definition) is 9. The second kappa shape index (κ2) is 10.5. The number of aromatic nitrogens is 4. The van der Waals surface area contributed by atoms with Gasteiger partial charge < -0.3 is 25.2 Å². The largest absolute Gasteiger partial charge is 0.378 e. The van der Waals surface area contributed by atoms with E-state index >= 15 is 0 Å². The zero-order chi connectivity index (χ0) is 24.9. The summed E-state index contributed by atoms with van der Waals surface area (Å²) < 4.78 is 5.56. The Balaban J connectivity index is 1.49. The lowest BCUT2D eigenvalue weighted by Gasteiger charge is -2.34. The third-order valence-corrected chi connectivity index (χ3v) is 6.18. The van der Waals surface area contributed by atoms with Crippen molar-refractivity contribution in [1.82, 2.24) is 25.3 Å². The van der Waals surface area contributed by atoms with Crippen LogP contribution in [0.25, 0.3) is 11.4 Å². The molecular weight excluding hydrogens is 458 g/mol. The number of nitrogens with zero attached hydrogens (tertiary/aromatic N) is 7. The minimum absolute atomic E-state index is 0.245. The predicted octanol–water partition coefficient (Wildman–Crippen LogP) is 2.35. The Morgan fingerprint density at radius 2 is 1.83 bits per heavy atom. The molecule has 5 rings (SSSR count). The van der Waals surface area contributed by atoms with Gasteiger partial charge in [-0.1, -0.05) is 0 Å². The molecule has 0 bridgehead atoms. The Labute approximate surface area is 209 Å². The van der Waals surface area contributed by atoms with Gasteiger partial charge in [-0.2, -0.15) is 5.26 Å². The van der Waals surface area contributed by atoms with Crippen LogP contribution in [-0.4, -0.2) is 65.4 Å². The van der Waals surface area contributed by atoms with Crippen molar-refractivity contribution in [3.05, 3.63) is 53.6 Å². The van der Waals surface area contributed by atoms with Crippen LogP contribution in [0.3, 0.4) is 0 Å². The van der Waals surface area contributed by atoms with Crippen molar-refractivity contribution in [2.24, 2.45) is 0 Å². The quantitative estimate of drug-likeness (QED) is 0.559. The Morgan fingerprint density at radius 3 is 2.58 bits per heavy atom. The van der Waals surface area contributed by atoms with Crippen molar-refractivity contribution in [3.8, 4) is 17.5 Å². The first-order valence-corrected chi connectivity index (χ1v) is 12.0. The molecule has 2 aromatic heterocycles. The summed E-state index contributed by atoms with van der Waals surface area (Å²) in [5, 5.41) is 15.0. The molecule has 2 aliphatic heterocycles. The molecule has 2 aliphatic rings. The van der Waals surface area contributed by atoms with E-state index in [1.165, 1.54) is 6.20 Å². The van der Waals surface area contributed by atoms with Crippen LogP contribution in [-0.2, 0) is 17.7 Å². The number of nitriles is 1. The lowest BCUT2D eigenvalue weighted by molar-refractivity contribution is 0.122. The number of benzene rings is 1. The maximum Gasteiger partial charge on any atom is 0.319 e. The number of rotatable bonds is 5. The van der Waals surface area contributed by atoms with E-state index in [0.29, 0.717) is 55.9 Å². The van der Waals surface area contributed by atoms with Crippen LogP contribution in [0.15, 0.2) is 36.7 Å². The standard InChI is InChI=1S/C25H27N9O2/c1-2-27-25(35)30-18-5-3-17(4-6-18)22-31-21-16-34(24-20(15-26)28-8-9-29-24)10-7-19(21)23(32-22)33-11-13-36-14-12-33/h3-6,8-9H,2,7,10-14,16H2,1H3,(H2,27,30,35). The molecule has 1 aromatic carbocycles. The molecule has 1 fully saturated rings. The van der Waals surface area contributed by atoms with E-state index in [4.69, 9.17) is 14.7 Å². The third-order valence-electron chi connectivity index (χ3n) is 6.18. The van der Waals surface area contributed by atoms with E-state index in [1.54, 1.807) is 6.20 Å². The maximum atomic E-state index is 11.8. The molecule has 4 heterocycles. The summed E-state index contributed by atoms with van der Waals surface area (Å²) in [6, 6.07) is 9.39. The van der Waals surface area contributed by atoms with Gasteiger partial charge in [0.1, 0.15) is 11.9 Å². The van der Waals surface area contributed by atoms with Gasteiger partial charge in [0.25, 0.3) is 0 Å². The first-order valence-electron chi connectivity index (χ1n) is 12.0. The van der Waals surface area contributed by atoms with E-state index in [9.17, 15) is 10.1 Å². The number of carbonyl (C=O) groups is 1. The zero-order valence-corrected chi connectivity index (χ0v) is 20.1. The van der Waals surface area contributed by atoms with E-state index < -0.39 is 0 Å². The van der Waals surface area contributed by atoms with Gasteiger partial charge in [0.2, 0.25) is 0 Å². The van der Waals surface area contributed by atoms with Crippen molar-refractivity contribution in [1.29, 1.82) is 5.26 Å². The highest BCUT2D eigenvalue weighted by Gasteiger charge is 2.28. The van der Waals surface area contributed by atoms with Crippen LogP contribution < -0.4 is 20.4 Å². The van der Waals surface area contributed by atoms with E-state index in [-0.39, 0.29) is 6.03 Å². The molecule has 184 valence electrons. The fourth-order valence-corrected chi connectivity index (χ4v) is 4.44. The monoisotopic (exact) mass is 485 g/mol. The van der Waals surface area contributed by atoms with Gasteiger partial charge in [-0.15, -0.1) is 0 Å². The molecule has 0 spiro atoms. The van der Waals surface area contributed by atoms with Crippen molar-refractivity contribution in [2.45, 2.75) is 19.9 Å². The molecule has 2 amide bonds. The molecule has 0 unspecified atom stereocenters. The molecule has 0 atom stereocenters. The molecular formula is C25H27N9O2. The van der Waals surface area contributed by atoms with Gasteiger partial charge >= 0.3 is 6.03 Å². The first kappa shape index (κ1) is 23.4. The molecule has 11 nitrogen and oxygen atoms in total. The number of morpholine rings is 1. The molecule has 36 heavy (non-hydrogen) atoms. The molecule has 1 saturated heterocycles.